The van der Waals surface area contributed by atoms with Gasteiger partial charge in [0, 0.05) is 31.4 Å². The van der Waals surface area contributed by atoms with E-state index in [2.05, 4.69) is 10.2 Å². The van der Waals surface area contributed by atoms with Crippen LogP contribution in [-0.4, -0.2) is 55.8 Å². The van der Waals surface area contributed by atoms with E-state index in [0.29, 0.717) is 30.1 Å². The van der Waals surface area contributed by atoms with Gasteiger partial charge >= 0.3 is 0 Å². The molecular formula is C35H40FN3O6. The number of halogens is 1. The summed E-state index contributed by atoms with van der Waals surface area (Å²) in [5.74, 6) is 0.445. The van der Waals surface area contributed by atoms with Gasteiger partial charge in [-0.15, -0.1) is 0 Å². The summed E-state index contributed by atoms with van der Waals surface area (Å²) in [5.41, 5.74) is 1.90. The molecule has 1 saturated heterocycles. The lowest BCUT2D eigenvalue weighted by molar-refractivity contribution is -0.120. The molecule has 0 spiro atoms. The molecule has 0 saturated carbocycles. The van der Waals surface area contributed by atoms with Gasteiger partial charge in [-0.3, -0.25) is 9.59 Å². The number of hydrogen-bond donors (Lipinski definition) is 1. The van der Waals surface area contributed by atoms with Crippen LogP contribution in [0.15, 0.2) is 65.6 Å². The standard InChI is InChI=1S/C35H40FN3O6/c1-4-39-21-26(19-31(40)37-15-18-38-16-5-6-17-38)33(41)29-20-30(36)34(44-22-24-7-11-27(42-2)12-8-24)35(32(29)39)45-23-25-9-13-28(43-3)14-10-25/h7-14,20-21H,4-6,15-19,22-23H2,1-3H3,(H,37,40). The van der Waals surface area contributed by atoms with E-state index in [1.54, 1.807) is 32.5 Å². The number of aryl methyl sites for hydroxylation is 1. The van der Waals surface area contributed by atoms with Crippen molar-refractivity contribution in [2.75, 3.05) is 40.4 Å². The van der Waals surface area contributed by atoms with E-state index in [1.807, 2.05) is 47.9 Å². The van der Waals surface area contributed by atoms with Gasteiger partial charge in [0.05, 0.1) is 31.5 Å². The number of amides is 1. The zero-order valence-corrected chi connectivity index (χ0v) is 26.1. The quantitative estimate of drug-likeness (QED) is 0.211. The van der Waals surface area contributed by atoms with Gasteiger partial charge in [-0.25, -0.2) is 4.39 Å². The predicted octanol–water partition coefficient (Wildman–Crippen LogP) is 5.09. The number of carbonyl (C=O) groups is 1. The van der Waals surface area contributed by atoms with Gasteiger partial charge in [-0.1, -0.05) is 24.3 Å². The first-order valence-electron chi connectivity index (χ1n) is 15.3. The number of hydrogen-bond acceptors (Lipinski definition) is 7. The van der Waals surface area contributed by atoms with Crippen LogP contribution < -0.4 is 29.7 Å². The fourth-order valence-corrected chi connectivity index (χ4v) is 5.53. The van der Waals surface area contributed by atoms with E-state index in [9.17, 15) is 9.59 Å². The molecule has 4 aromatic rings. The second-order valence-corrected chi connectivity index (χ2v) is 11.0. The highest BCUT2D eigenvalue weighted by atomic mass is 19.1. The van der Waals surface area contributed by atoms with Crippen LogP contribution in [0.1, 0.15) is 36.5 Å². The number of methoxy groups -OCH3 is 2. The zero-order valence-electron chi connectivity index (χ0n) is 26.1. The van der Waals surface area contributed by atoms with Gasteiger partial charge in [0.25, 0.3) is 0 Å². The first-order valence-corrected chi connectivity index (χ1v) is 15.3. The Balaban J connectivity index is 1.47. The number of nitrogens with one attached hydrogen (secondary N) is 1. The highest BCUT2D eigenvalue weighted by Crippen LogP contribution is 2.39. The second-order valence-electron chi connectivity index (χ2n) is 11.0. The molecule has 0 radical (unpaired) electrons. The van der Waals surface area contributed by atoms with Crippen LogP contribution in [0.4, 0.5) is 4.39 Å². The van der Waals surface area contributed by atoms with Crippen LogP contribution in [0.3, 0.4) is 0 Å². The maximum Gasteiger partial charge on any atom is 0.224 e. The van der Waals surface area contributed by atoms with Crippen molar-refractivity contribution in [1.82, 2.24) is 14.8 Å². The highest BCUT2D eigenvalue weighted by molar-refractivity contribution is 5.89. The highest BCUT2D eigenvalue weighted by Gasteiger charge is 2.23. The van der Waals surface area contributed by atoms with Crippen molar-refractivity contribution < 1.29 is 28.1 Å². The van der Waals surface area contributed by atoms with Crippen molar-refractivity contribution in [2.24, 2.45) is 0 Å². The minimum absolute atomic E-state index is 0.0668. The SMILES string of the molecule is CCn1cc(CC(=O)NCCN2CCCC2)c(=O)c2cc(F)c(OCc3ccc(OC)cc3)c(OCc3ccc(OC)cc3)c21. The molecule has 2 heterocycles. The number of aromatic nitrogens is 1. The lowest BCUT2D eigenvalue weighted by Gasteiger charge is -2.20. The van der Waals surface area contributed by atoms with Crippen LogP contribution in [0.5, 0.6) is 23.0 Å². The van der Waals surface area contributed by atoms with E-state index in [4.69, 9.17) is 18.9 Å². The number of pyridine rings is 1. The summed E-state index contributed by atoms with van der Waals surface area (Å²) >= 11 is 0. The summed E-state index contributed by atoms with van der Waals surface area (Å²) in [4.78, 5) is 28.8. The average molecular weight is 618 g/mol. The molecule has 3 aromatic carbocycles. The Morgan fingerprint density at radius 2 is 1.47 bits per heavy atom. The summed E-state index contributed by atoms with van der Waals surface area (Å²) < 4.78 is 40.5. The number of rotatable bonds is 14. The molecule has 1 aliphatic rings. The van der Waals surface area contributed by atoms with Crippen molar-refractivity contribution in [2.45, 2.75) is 45.9 Å². The average Bonchev–Trinajstić information content (AvgIpc) is 3.58. The van der Waals surface area contributed by atoms with Crippen molar-refractivity contribution in [3.63, 3.8) is 0 Å². The summed E-state index contributed by atoms with van der Waals surface area (Å²) in [6, 6.07) is 15.8. The van der Waals surface area contributed by atoms with Crippen LogP contribution >= 0.6 is 0 Å². The van der Waals surface area contributed by atoms with Crippen LogP contribution in [0.25, 0.3) is 10.9 Å². The molecule has 1 aliphatic heterocycles. The third-order valence-corrected chi connectivity index (χ3v) is 8.02. The molecule has 238 valence electrons. The van der Waals surface area contributed by atoms with Gasteiger partial charge in [-0.2, -0.15) is 0 Å². The van der Waals surface area contributed by atoms with E-state index in [1.165, 1.54) is 18.9 Å². The zero-order chi connectivity index (χ0) is 31.8. The largest absolute Gasteiger partial charge is 0.497 e. The number of nitrogens with zero attached hydrogens (tertiary/aromatic N) is 2. The normalized spacial score (nSPS) is 13.2. The summed E-state index contributed by atoms with van der Waals surface area (Å²) in [6.07, 6.45) is 3.92. The Bertz CT molecular complexity index is 1660. The fourth-order valence-electron chi connectivity index (χ4n) is 5.53. The monoisotopic (exact) mass is 617 g/mol. The molecule has 0 atom stereocenters. The van der Waals surface area contributed by atoms with Crippen molar-refractivity contribution in [1.29, 1.82) is 0 Å². The fraction of sp³-hybridized carbons (Fsp3) is 0.371. The topological polar surface area (TPSA) is 91.3 Å². The Morgan fingerprint density at radius 1 is 0.889 bits per heavy atom. The molecule has 0 aliphatic carbocycles. The maximum absolute atomic E-state index is 15.9. The van der Waals surface area contributed by atoms with E-state index >= 15 is 4.39 Å². The van der Waals surface area contributed by atoms with Gasteiger partial charge in [-0.05, 0) is 74.3 Å². The molecule has 1 N–H and O–H groups in total. The third kappa shape index (κ3) is 7.75. The van der Waals surface area contributed by atoms with E-state index < -0.39 is 11.2 Å². The number of ether oxygens (including phenoxy) is 4. The van der Waals surface area contributed by atoms with Gasteiger partial charge < -0.3 is 33.7 Å². The molecule has 9 nitrogen and oxygen atoms in total. The summed E-state index contributed by atoms with van der Waals surface area (Å²) in [6.45, 7) is 5.91. The number of likely N-dealkylation sites (tertiary alicyclic amines) is 1. The molecule has 1 aromatic heterocycles. The molecular weight excluding hydrogens is 577 g/mol. The maximum atomic E-state index is 15.9. The van der Waals surface area contributed by atoms with Gasteiger partial charge in [0.1, 0.15) is 24.7 Å². The smallest absolute Gasteiger partial charge is 0.224 e. The second kappa shape index (κ2) is 14.9. The van der Waals surface area contributed by atoms with E-state index in [0.717, 1.165) is 30.8 Å². The first-order chi connectivity index (χ1) is 21.9. The van der Waals surface area contributed by atoms with Crippen molar-refractivity contribution in [3.8, 4) is 23.0 Å². The summed E-state index contributed by atoms with van der Waals surface area (Å²) in [7, 11) is 3.18. The first kappa shape index (κ1) is 31.8. The Hall–Kier alpha value is -4.57. The molecule has 0 unspecified atom stereocenters. The molecule has 0 bridgehead atoms. The van der Waals surface area contributed by atoms with E-state index in [-0.39, 0.29) is 48.0 Å². The Kier molecular flexibility index (Phi) is 10.6. The molecule has 45 heavy (non-hydrogen) atoms. The number of fused-ring (bicyclic) bond motifs is 1. The summed E-state index contributed by atoms with van der Waals surface area (Å²) in [5, 5.41) is 3.05. The lowest BCUT2D eigenvalue weighted by Crippen LogP contribution is -2.35. The van der Waals surface area contributed by atoms with Gasteiger partial charge in [0.15, 0.2) is 22.7 Å². The predicted molar refractivity (Wildman–Crippen MR) is 171 cm³/mol. The molecule has 5 rings (SSSR count). The van der Waals surface area contributed by atoms with Crippen LogP contribution in [0, 0.1) is 5.82 Å². The van der Waals surface area contributed by atoms with Crippen molar-refractivity contribution >= 4 is 16.8 Å². The molecule has 1 amide bonds. The van der Waals surface area contributed by atoms with Gasteiger partial charge in [0.2, 0.25) is 5.91 Å². The molecule has 1 fully saturated rings. The Labute approximate surface area is 262 Å². The molecule has 10 heteroatoms. The van der Waals surface area contributed by atoms with Crippen LogP contribution in [-0.2, 0) is 31.0 Å². The third-order valence-electron chi connectivity index (χ3n) is 8.02. The van der Waals surface area contributed by atoms with Crippen molar-refractivity contribution in [3.05, 3.63) is 93.5 Å². The number of benzene rings is 3. The minimum Gasteiger partial charge on any atom is -0.497 e. The Morgan fingerprint density at radius 3 is 2.02 bits per heavy atom. The number of carbonyl (C=O) groups excluding carboxylic acids is 1. The minimum atomic E-state index is -0.729. The lowest BCUT2D eigenvalue weighted by atomic mass is 10.1. The van der Waals surface area contributed by atoms with Crippen LogP contribution in [0.2, 0.25) is 0 Å².